The zero-order valence-corrected chi connectivity index (χ0v) is 18.6. The van der Waals surface area contributed by atoms with E-state index in [0.29, 0.717) is 26.8 Å². The first-order valence-electron chi connectivity index (χ1n) is 9.70. The fourth-order valence-electron chi connectivity index (χ4n) is 3.36. The first-order chi connectivity index (χ1) is 14.9. The van der Waals surface area contributed by atoms with E-state index in [1.807, 2.05) is 44.2 Å². The highest BCUT2D eigenvalue weighted by Gasteiger charge is 2.16. The minimum Gasteiger partial charge on any atom is -0.324 e. The molecule has 4 aromatic rings. The van der Waals surface area contributed by atoms with Crippen LogP contribution in [-0.4, -0.2) is 21.2 Å². The summed E-state index contributed by atoms with van der Waals surface area (Å²) >= 11 is 7.34. The third-order valence-electron chi connectivity index (χ3n) is 4.82. The number of amides is 1. The third kappa shape index (κ3) is 4.50. The molecule has 5 nitrogen and oxygen atoms in total. The average molecular weight is 450 g/mol. The number of anilines is 1. The molecule has 0 atom stereocenters. The number of rotatable bonds is 5. The summed E-state index contributed by atoms with van der Waals surface area (Å²) in [6.45, 7) is 3.97. The number of hydrogen-bond donors (Lipinski definition) is 1. The summed E-state index contributed by atoms with van der Waals surface area (Å²) in [7, 11) is 0. The van der Waals surface area contributed by atoms with Gasteiger partial charge in [0.25, 0.3) is 5.56 Å². The van der Waals surface area contributed by atoms with Crippen molar-refractivity contribution in [1.29, 1.82) is 0 Å². The van der Waals surface area contributed by atoms with Crippen LogP contribution in [0.1, 0.15) is 11.1 Å². The van der Waals surface area contributed by atoms with Crippen LogP contribution < -0.4 is 10.9 Å². The number of nitrogens with one attached hydrogen (secondary N) is 1. The lowest BCUT2D eigenvalue weighted by molar-refractivity contribution is -0.113. The van der Waals surface area contributed by atoms with Crippen LogP contribution in [0.2, 0.25) is 5.02 Å². The predicted molar refractivity (Wildman–Crippen MR) is 128 cm³/mol. The second kappa shape index (κ2) is 8.96. The lowest BCUT2D eigenvalue weighted by Gasteiger charge is -2.15. The van der Waals surface area contributed by atoms with Crippen LogP contribution in [0, 0.1) is 13.8 Å². The van der Waals surface area contributed by atoms with Crippen molar-refractivity contribution in [3.8, 4) is 5.69 Å². The van der Waals surface area contributed by atoms with E-state index in [9.17, 15) is 9.59 Å². The molecule has 0 saturated carbocycles. The Morgan fingerprint density at radius 3 is 2.58 bits per heavy atom. The number of carbonyl (C=O) groups is 1. The van der Waals surface area contributed by atoms with Crippen LogP contribution in [0.15, 0.2) is 76.7 Å². The molecule has 7 heteroatoms. The number of fused-ring (bicyclic) bond motifs is 1. The monoisotopic (exact) mass is 449 g/mol. The van der Waals surface area contributed by atoms with E-state index < -0.39 is 0 Å². The molecule has 1 aromatic heterocycles. The molecule has 3 aromatic carbocycles. The maximum atomic E-state index is 13.4. The van der Waals surface area contributed by atoms with Crippen molar-refractivity contribution in [2.75, 3.05) is 11.1 Å². The quantitative estimate of drug-likeness (QED) is 0.328. The molecule has 1 heterocycles. The van der Waals surface area contributed by atoms with Gasteiger partial charge >= 0.3 is 0 Å². The minimum atomic E-state index is -0.229. The highest BCUT2D eigenvalue weighted by molar-refractivity contribution is 7.99. The second-order valence-corrected chi connectivity index (χ2v) is 8.51. The van der Waals surface area contributed by atoms with Gasteiger partial charge in [0.2, 0.25) is 5.91 Å². The fraction of sp³-hybridized carbons (Fsp3) is 0.125. The Morgan fingerprint density at radius 2 is 1.81 bits per heavy atom. The Labute approximate surface area is 189 Å². The molecule has 1 amide bonds. The number of para-hydroxylation sites is 2. The van der Waals surface area contributed by atoms with Gasteiger partial charge in [-0.1, -0.05) is 65.3 Å². The molecule has 0 fully saturated rings. The van der Waals surface area contributed by atoms with Gasteiger partial charge in [-0.2, -0.15) is 0 Å². The van der Waals surface area contributed by atoms with E-state index in [1.165, 1.54) is 11.8 Å². The normalized spacial score (nSPS) is 10.9. The van der Waals surface area contributed by atoms with E-state index in [0.717, 1.165) is 16.8 Å². The molecular weight excluding hydrogens is 430 g/mol. The van der Waals surface area contributed by atoms with Crippen molar-refractivity contribution in [2.45, 2.75) is 19.0 Å². The summed E-state index contributed by atoms with van der Waals surface area (Å²) in [6.07, 6.45) is 0. The first kappa shape index (κ1) is 21.2. The van der Waals surface area contributed by atoms with Crippen LogP contribution in [0.3, 0.4) is 0 Å². The van der Waals surface area contributed by atoms with Gasteiger partial charge in [-0.3, -0.25) is 14.2 Å². The van der Waals surface area contributed by atoms with Crippen LogP contribution in [0.4, 0.5) is 5.69 Å². The summed E-state index contributed by atoms with van der Waals surface area (Å²) in [5.74, 6) is -0.145. The molecule has 4 rings (SSSR count). The number of aromatic nitrogens is 2. The maximum Gasteiger partial charge on any atom is 0.266 e. The van der Waals surface area contributed by atoms with E-state index in [2.05, 4.69) is 5.32 Å². The number of nitrogens with zero attached hydrogens (tertiary/aromatic N) is 2. The molecule has 0 spiro atoms. The van der Waals surface area contributed by atoms with E-state index >= 15 is 0 Å². The van der Waals surface area contributed by atoms with Gasteiger partial charge < -0.3 is 5.32 Å². The zero-order valence-electron chi connectivity index (χ0n) is 17.1. The number of benzene rings is 3. The molecular formula is C24H20ClN3O2S. The van der Waals surface area contributed by atoms with Gasteiger partial charge in [-0.05, 0) is 49.7 Å². The minimum absolute atomic E-state index is 0.0842. The lowest BCUT2D eigenvalue weighted by atomic mass is 10.1. The van der Waals surface area contributed by atoms with Crippen molar-refractivity contribution >= 4 is 45.9 Å². The molecule has 31 heavy (non-hydrogen) atoms. The van der Waals surface area contributed by atoms with Crippen LogP contribution in [-0.2, 0) is 4.79 Å². The Bertz CT molecular complexity index is 1350. The van der Waals surface area contributed by atoms with Crippen molar-refractivity contribution in [1.82, 2.24) is 9.55 Å². The molecule has 0 bridgehead atoms. The number of carbonyl (C=O) groups excluding carboxylic acids is 1. The van der Waals surface area contributed by atoms with Crippen molar-refractivity contribution in [3.63, 3.8) is 0 Å². The van der Waals surface area contributed by atoms with E-state index in [1.54, 1.807) is 41.0 Å². The number of halogens is 1. The molecule has 0 radical (unpaired) electrons. The van der Waals surface area contributed by atoms with E-state index in [4.69, 9.17) is 16.6 Å². The van der Waals surface area contributed by atoms with Crippen molar-refractivity contribution in [3.05, 3.63) is 93.2 Å². The smallest absolute Gasteiger partial charge is 0.266 e. The number of hydrogen-bond acceptors (Lipinski definition) is 4. The van der Waals surface area contributed by atoms with Crippen molar-refractivity contribution in [2.24, 2.45) is 0 Å². The van der Waals surface area contributed by atoms with Gasteiger partial charge in [0.05, 0.1) is 33.1 Å². The second-order valence-electron chi connectivity index (χ2n) is 7.16. The lowest BCUT2D eigenvalue weighted by Crippen LogP contribution is -2.23. The van der Waals surface area contributed by atoms with Crippen LogP contribution >= 0.6 is 23.4 Å². The summed E-state index contributed by atoms with van der Waals surface area (Å²) < 4.78 is 1.59. The predicted octanol–water partition coefficient (Wildman–Crippen LogP) is 5.39. The summed E-state index contributed by atoms with van der Waals surface area (Å²) in [4.78, 5) is 30.6. The zero-order chi connectivity index (χ0) is 22.0. The molecule has 0 aliphatic heterocycles. The van der Waals surface area contributed by atoms with Crippen molar-refractivity contribution < 1.29 is 4.79 Å². The van der Waals surface area contributed by atoms with Crippen LogP contribution in [0.5, 0.6) is 0 Å². The molecule has 156 valence electrons. The Morgan fingerprint density at radius 1 is 1.06 bits per heavy atom. The fourth-order valence-corrected chi connectivity index (χ4v) is 4.35. The highest BCUT2D eigenvalue weighted by atomic mass is 35.5. The Balaban J connectivity index is 1.72. The third-order valence-corrected chi connectivity index (χ3v) is 6.09. The molecule has 0 aliphatic carbocycles. The SMILES string of the molecule is Cc1ccc(-n2c(SCC(=O)Nc3ccccc3Cl)nc3ccccc3c2=O)c(C)c1. The van der Waals surface area contributed by atoms with Gasteiger partial charge in [-0.15, -0.1) is 0 Å². The molecule has 0 aliphatic rings. The summed E-state index contributed by atoms with van der Waals surface area (Å²) in [5, 5.41) is 4.27. The standard InChI is InChI=1S/C24H20ClN3O2S/c1-15-11-12-21(16(2)13-15)28-23(30)17-7-3-5-9-19(17)27-24(28)31-14-22(29)26-20-10-6-4-8-18(20)25/h3-13H,14H2,1-2H3,(H,26,29). The van der Waals surface area contributed by atoms with Gasteiger partial charge in [0.1, 0.15) is 0 Å². The summed E-state index contributed by atoms with van der Waals surface area (Å²) in [6, 6.07) is 20.2. The number of thioether (sulfide) groups is 1. The van der Waals surface area contributed by atoms with Gasteiger partial charge in [-0.25, -0.2) is 4.98 Å². The highest BCUT2D eigenvalue weighted by Crippen LogP contribution is 2.25. The molecule has 0 saturated heterocycles. The Hall–Kier alpha value is -3.09. The first-order valence-corrected chi connectivity index (χ1v) is 11.1. The maximum absolute atomic E-state index is 13.4. The Kier molecular flexibility index (Phi) is 6.11. The van der Waals surface area contributed by atoms with Gasteiger partial charge in [0.15, 0.2) is 5.16 Å². The largest absolute Gasteiger partial charge is 0.324 e. The summed E-state index contributed by atoms with van der Waals surface area (Å²) in [5.41, 5.74) is 3.81. The topological polar surface area (TPSA) is 64.0 Å². The number of aryl methyl sites for hydroxylation is 2. The average Bonchev–Trinajstić information content (AvgIpc) is 2.75. The van der Waals surface area contributed by atoms with Gasteiger partial charge in [0, 0.05) is 0 Å². The molecule has 0 unspecified atom stereocenters. The molecule has 1 N–H and O–H groups in total. The van der Waals surface area contributed by atoms with Crippen LogP contribution in [0.25, 0.3) is 16.6 Å². The van der Waals surface area contributed by atoms with E-state index in [-0.39, 0.29) is 17.2 Å².